The molecule has 20 aromatic rings. The largest absolute Gasteiger partial charge is 0.135 e. The smallest absolute Gasteiger partial charge is 0.0725 e. The molecule has 3 aliphatic rings. The molecular formula is C104H66S2. The molecule has 2 aromatic heterocycles. The van der Waals surface area contributed by atoms with E-state index in [1.165, 1.54) is 217 Å². The summed E-state index contributed by atoms with van der Waals surface area (Å²) in [5, 5.41) is 15.6. The molecule has 0 atom stereocenters. The van der Waals surface area contributed by atoms with E-state index in [1.807, 2.05) is 22.7 Å². The lowest BCUT2D eigenvalue weighted by Crippen LogP contribution is -2.25. The van der Waals surface area contributed by atoms with Gasteiger partial charge in [-0.3, -0.25) is 0 Å². The summed E-state index contributed by atoms with van der Waals surface area (Å²) in [4.78, 5) is 0. The van der Waals surface area contributed by atoms with E-state index in [9.17, 15) is 0 Å². The number of rotatable bonds is 6. The number of thiophene rings is 2. The summed E-state index contributed by atoms with van der Waals surface area (Å²) in [5.74, 6) is 0. The Hall–Kier alpha value is -12.6. The highest BCUT2D eigenvalue weighted by atomic mass is 32.1. The van der Waals surface area contributed by atoms with Gasteiger partial charge in [-0.05, 0) is 225 Å². The lowest BCUT2D eigenvalue weighted by molar-refractivity contribution is 0.660. The van der Waals surface area contributed by atoms with E-state index < -0.39 is 0 Å². The Labute approximate surface area is 623 Å². The van der Waals surface area contributed by atoms with Crippen molar-refractivity contribution in [2.45, 2.75) is 24.7 Å². The van der Waals surface area contributed by atoms with Gasteiger partial charge in [0, 0.05) is 45.8 Å². The zero-order valence-corrected chi connectivity index (χ0v) is 60.1. The second kappa shape index (κ2) is 23.5. The van der Waals surface area contributed by atoms with E-state index >= 15 is 0 Å². The summed E-state index contributed by atoms with van der Waals surface area (Å²) in [5.41, 5.74) is 31.1. The molecule has 23 rings (SSSR count). The highest BCUT2D eigenvalue weighted by molar-refractivity contribution is 7.26. The maximum absolute atomic E-state index is 2.49. The molecule has 2 heteroatoms. The summed E-state index contributed by atoms with van der Waals surface area (Å²) in [7, 11) is 0. The maximum Gasteiger partial charge on any atom is 0.0725 e. The predicted octanol–water partition coefficient (Wildman–Crippen LogP) is 29.4. The van der Waals surface area contributed by atoms with Crippen LogP contribution in [0.25, 0.3) is 184 Å². The van der Waals surface area contributed by atoms with Crippen molar-refractivity contribution < 1.29 is 0 Å². The molecule has 0 N–H and O–H groups in total. The SMILES string of the molecule is CC1(C)c2ccccc2-c2ccc(-c3ccc4cc(-c5ccc(-c6cccc7c6sc6ccccc67)cc5)c5ccccc5c4c3)cc21.c1ccc2c(c1)-c1ccccc1C21c2ccccc2-c2ccc(-c3ccc4cc(-c5ccc(-c6cccc7c6sc6ccccc67)cc5)c5ccccc5c4c3)cc21. The molecule has 0 bridgehead atoms. The Balaban J connectivity index is 0.000000135. The van der Waals surface area contributed by atoms with Crippen molar-refractivity contribution >= 4 is 106 Å². The van der Waals surface area contributed by atoms with Gasteiger partial charge in [0.15, 0.2) is 0 Å². The van der Waals surface area contributed by atoms with Crippen LogP contribution in [0.5, 0.6) is 0 Å². The first-order valence-corrected chi connectivity index (χ1v) is 38.6. The second-order valence-corrected chi connectivity index (χ2v) is 31.7. The molecule has 0 unspecified atom stereocenters. The fourth-order valence-electron chi connectivity index (χ4n) is 18.8. The van der Waals surface area contributed by atoms with Gasteiger partial charge in [0.05, 0.1) is 5.41 Å². The van der Waals surface area contributed by atoms with Crippen molar-refractivity contribution in [1.82, 2.24) is 0 Å². The van der Waals surface area contributed by atoms with Gasteiger partial charge in [0.1, 0.15) is 0 Å². The molecule has 0 saturated heterocycles. The highest BCUT2D eigenvalue weighted by Crippen LogP contribution is 2.63. The summed E-state index contributed by atoms with van der Waals surface area (Å²) in [6.45, 7) is 4.71. The third-order valence-corrected chi connectivity index (χ3v) is 26.2. The summed E-state index contributed by atoms with van der Waals surface area (Å²) < 4.78 is 5.38. The lowest BCUT2D eigenvalue weighted by atomic mass is 9.70. The zero-order valence-electron chi connectivity index (χ0n) is 58.5. The van der Waals surface area contributed by atoms with E-state index in [0.717, 1.165) is 0 Å². The Morgan fingerprint density at radius 3 is 0.934 bits per heavy atom. The Morgan fingerprint density at radius 1 is 0.179 bits per heavy atom. The summed E-state index contributed by atoms with van der Waals surface area (Å²) in [6, 6.07) is 136. The minimum absolute atomic E-state index is 0.0136. The van der Waals surface area contributed by atoms with E-state index in [1.54, 1.807) is 0 Å². The van der Waals surface area contributed by atoms with E-state index in [4.69, 9.17) is 0 Å². The van der Waals surface area contributed by atoms with Crippen molar-refractivity contribution in [3.8, 4) is 100 Å². The Bertz CT molecular complexity index is 7030. The molecule has 106 heavy (non-hydrogen) atoms. The Kier molecular flexibility index (Phi) is 13.5. The minimum atomic E-state index is -0.354. The van der Waals surface area contributed by atoms with Gasteiger partial charge in [-0.15, -0.1) is 22.7 Å². The molecule has 18 aromatic carbocycles. The first-order valence-electron chi connectivity index (χ1n) is 36.9. The fourth-order valence-corrected chi connectivity index (χ4v) is 21.3. The van der Waals surface area contributed by atoms with Crippen molar-refractivity contribution in [1.29, 1.82) is 0 Å². The van der Waals surface area contributed by atoms with Crippen LogP contribution >= 0.6 is 22.7 Å². The zero-order chi connectivity index (χ0) is 69.9. The van der Waals surface area contributed by atoms with Crippen LogP contribution < -0.4 is 0 Å². The topological polar surface area (TPSA) is 0 Å². The van der Waals surface area contributed by atoms with Gasteiger partial charge in [-0.2, -0.15) is 0 Å². The van der Waals surface area contributed by atoms with Crippen molar-refractivity contribution in [3.05, 3.63) is 397 Å². The van der Waals surface area contributed by atoms with Gasteiger partial charge in [0.25, 0.3) is 0 Å². The lowest BCUT2D eigenvalue weighted by Gasteiger charge is -2.30. The quantitative estimate of drug-likeness (QED) is 0.146. The Morgan fingerprint density at radius 2 is 0.481 bits per heavy atom. The molecule has 0 saturated carbocycles. The molecule has 3 aliphatic carbocycles. The van der Waals surface area contributed by atoms with Crippen LogP contribution in [-0.2, 0) is 10.8 Å². The molecular weight excluding hydrogens is 1310 g/mol. The van der Waals surface area contributed by atoms with Crippen molar-refractivity contribution in [2.75, 3.05) is 0 Å². The first kappa shape index (κ1) is 61.0. The second-order valence-electron chi connectivity index (χ2n) is 29.6. The molecule has 0 amide bonds. The molecule has 0 aliphatic heterocycles. The van der Waals surface area contributed by atoms with Gasteiger partial charge >= 0.3 is 0 Å². The first-order chi connectivity index (χ1) is 52.3. The maximum atomic E-state index is 2.49. The number of benzene rings is 18. The van der Waals surface area contributed by atoms with Gasteiger partial charge < -0.3 is 0 Å². The van der Waals surface area contributed by atoms with E-state index in [-0.39, 0.29) is 10.8 Å². The van der Waals surface area contributed by atoms with Crippen LogP contribution in [0.4, 0.5) is 0 Å². The standard InChI is InChI=1S/C57H34S.C47H32S/c1-2-13-42-41(12-1)49(36-26-24-35(25-27-36)40-18-11-19-48-47-17-6-10-23-55(47)58-56(40)48)33-39-29-28-37(32-50(39)42)38-30-31-46-45-16-5-9-22-53(45)57(54(46)34-38)51-20-7-3-14-43(51)44-15-4-8-21-52(44)57;1-47(2)43-16-7-5-12-37(43)38-25-24-32(28-44(38)47)31-22-23-33-27-41(35-10-3-4-11-36(35)42(33)26-31)30-20-18-29(19-21-30)34-14-9-15-40-39-13-6-8-17-45(39)48-46(34)40/h1-34H;3-28H,1-2H3. The average Bonchev–Trinajstić information content (AvgIpc) is 1.51. The summed E-state index contributed by atoms with van der Waals surface area (Å²) in [6.07, 6.45) is 0. The van der Waals surface area contributed by atoms with Crippen LogP contribution in [0.15, 0.2) is 364 Å². The van der Waals surface area contributed by atoms with Crippen LogP contribution in [0.1, 0.15) is 47.2 Å². The van der Waals surface area contributed by atoms with Crippen LogP contribution in [0, 0.1) is 0 Å². The molecule has 1 spiro atoms. The third-order valence-electron chi connectivity index (χ3n) is 23.8. The monoisotopic (exact) mass is 1380 g/mol. The molecule has 0 nitrogen and oxygen atoms in total. The number of fused-ring (bicyclic) bond motifs is 25. The number of hydrogen-bond acceptors (Lipinski definition) is 2. The highest BCUT2D eigenvalue weighted by Gasteiger charge is 2.51. The third kappa shape index (κ3) is 9.05. The fraction of sp³-hybridized carbons (Fsp3) is 0.0385. The van der Waals surface area contributed by atoms with Gasteiger partial charge in [-0.25, -0.2) is 0 Å². The van der Waals surface area contributed by atoms with E-state index in [0.29, 0.717) is 0 Å². The normalized spacial score (nSPS) is 13.3. The van der Waals surface area contributed by atoms with E-state index in [2.05, 4.69) is 378 Å². The molecule has 0 fully saturated rings. The average molecular weight is 1380 g/mol. The molecule has 494 valence electrons. The van der Waals surface area contributed by atoms with Gasteiger partial charge in [-0.1, -0.05) is 329 Å². The van der Waals surface area contributed by atoms with Crippen molar-refractivity contribution in [2.24, 2.45) is 0 Å². The predicted molar refractivity (Wildman–Crippen MR) is 455 cm³/mol. The van der Waals surface area contributed by atoms with Crippen LogP contribution in [0.2, 0.25) is 0 Å². The van der Waals surface area contributed by atoms with Crippen molar-refractivity contribution in [3.63, 3.8) is 0 Å². The molecule has 2 heterocycles. The number of hydrogen-bond donors (Lipinski definition) is 0. The van der Waals surface area contributed by atoms with Crippen LogP contribution in [-0.4, -0.2) is 0 Å². The minimum Gasteiger partial charge on any atom is -0.135 e. The summed E-state index contributed by atoms with van der Waals surface area (Å²) >= 11 is 3.78. The molecule has 0 radical (unpaired) electrons. The van der Waals surface area contributed by atoms with Crippen LogP contribution in [0.3, 0.4) is 0 Å². The van der Waals surface area contributed by atoms with Gasteiger partial charge in [0.2, 0.25) is 0 Å².